The fourth-order valence-electron chi connectivity index (χ4n) is 0.909. The standard InChI is InChI=1S/C8H14O3.C6H10O3/c1-3-5-7(9)11-8(10)6-4-2;1-3-5(7)9-6(8)4-2/h3-6H2,1-2H3;3-4H2,1-2H3. The van der Waals surface area contributed by atoms with Gasteiger partial charge < -0.3 is 9.47 Å². The van der Waals surface area contributed by atoms with Gasteiger partial charge in [0.25, 0.3) is 0 Å². The lowest BCUT2D eigenvalue weighted by molar-refractivity contribution is -0.161. The number of rotatable bonds is 6. The fraction of sp³-hybridized carbons (Fsp3) is 0.714. The molecule has 6 heteroatoms. The Kier molecular flexibility index (Phi) is 14.1. The summed E-state index contributed by atoms with van der Waals surface area (Å²) in [7, 11) is 0. The summed E-state index contributed by atoms with van der Waals surface area (Å²) >= 11 is 0. The first-order chi connectivity index (χ1) is 9.40. The van der Waals surface area contributed by atoms with Gasteiger partial charge in [-0.1, -0.05) is 27.7 Å². The highest BCUT2D eigenvalue weighted by atomic mass is 16.6. The Labute approximate surface area is 119 Å². The Balaban J connectivity index is 0. The van der Waals surface area contributed by atoms with Crippen molar-refractivity contribution in [2.24, 2.45) is 0 Å². The smallest absolute Gasteiger partial charge is 0.313 e. The van der Waals surface area contributed by atoms with Gasteiger partial charge in [-0.25, -0.2) is 0 Å². The van der Waals surface area contributed by atoms with Crippen LogP contribution in [0.1, 0.15) is 66.2 Å². The van der Waals surface area contributed by atoms with Crippen molar-refractivity contribution < 1.29 is 28.7 Å². The van der Waals surface area contributed by atoms with Gasteiger partial charge in [0, 0.05) is 25.7 Å². The maximum absolute atomic E-state index is 10.7. The lowest BCUT2D eigenvalue weighted by atomic mass is 10.3. The van der Waals surface area contributed by atoms with Gasteiger partial charge in [-0.05, 0) is 12.8 Å². The highest BCUT2D eigenvalue weighted by molar-refractivity contribution is 5.85. The van der Waals surface area contributed by atoms with E-state index in [1.54, 1.807) is 13.8 Å². The van der Waals surface area contributed by atoms with E-state index in [1.165, 1.54) is 0 Å². The van der Waals surface area contributed by atoms with Gasteiger partial charge in [0.1, 0.15) is 0 Å². The lowest BCUT2D eigenvalue weighted by Gasteiger charge is -1.98. The molecule has 0 unspecified atom stereocenters. The zero-order chi connectivity index (χ0) is 16.0. The van der Waals surface area contributed by atoms with Crippen molar-refractivity contribution in [2.45, 2.75) is 66.2 Å². The molecule has 0 aromatic rings. The van der Waals surface area contributed by atoms with Crippen LogP contribution in [0.25, 0.3) is 0 Å². The van der Waals surface area contributed by atoms with E-state index in [2.05, 4.69) is 9.47 Å². The third-order valence-electron chi connectivity index (χ3n) is 1.94. The minimum absolute atomic E-state index is 0.256. The van der Waals surface area contributed by atoms with Crippen LogP contribution in [0.2, 0.25) is 0 Å². The first kappa shape index (κ1) is 20.6. The molecular formula is C14H24O6. The molecule has 0 saturated carbocycles. The predicted molar refractivity (Wildman–Crippen MR) is 72.6 cm³/mol. The predicted octanol–water partition coefficient (Wildman–Crippen LogP) is 2.53. The number of hydrogen-bond donors (Lipinski definition) is 0. The summed E-state index contributed by atoms with van der Waals surface area (Å²) in [6, 6.07) is 0. The molecule has 0 spiro atoms. The van der Waals surface area contributed by atoms with E-state index in [0.717, 1.165) is 12.8 Å². The van der Waals surface area contributed by atoms with Crippen LogP contribution in [0.4, 0.5) is 0 Å². The maximum atomic E-state index is 10.7. The van der Waals surface area contributed by atoms with Crippen molar-refractivity contribution in [3.05, 3.63) is 0 Å². The molecule has 0 aliphatic carbocycles. The molecule has 0 heterocycles. The molecule has 0 aromatic heterocycles. The van der Waals surface area contributed by atoms with Crippen LogP contribution in [0.5, 0.6) is 0 Å². The normalized spacial score (nSPS) is 9.00. The number of carbonyl (C=O) groups excluding carboxylic acids is 4. The fourth-order valence-corrected chi connectivity index (χ4v) is 0.909. The van der Waals surface area contributed by atoms with Crippen molar-refractivity contribution in [1.82, 2.24) is 0 Å². The molecule has 0 radical (unpaired) electrons. The molecule has 0 amide bonds. The topological polar surface area (TPSA) is 86.7 Å². The molecule has 0 aromatic carbocycles. The molecule has 6 nitrogen and oxygen atoms in total. The van der Waals surface area contributed by atoms with E-state index in [-0.39, 0.29) is 12.8 Å². The van der Waals surface area contributed by atoms with Crippen molar-refractivity contribution in [3.8, 4) is 0 Å². The first-order valence-electron chi connectivity index (χ1n) is 6.88. The summed E-state index contributed by atoms with van der Waals surface area (Å²) in [4.78, 5) is 42.0. The summed E-state index contributed by atoms with van der Waals surface area (Å²) in [6.45, 7) is 7.02. The molecule has 0 saturated heterocycles. The molecule has 20 heavy (non-hydrogen) atoms. The van der Waals surface area contributed by atoms with Crippen molar-refractivity contribution in [3.63, 3.8) is 0 Å². The molecule has 0 aliphatic rings. The maximum Gasteiger partial charge on any atom is 0.313 e. The second kappa shape index (κ2) is 13.7. The third kappa shape index (κ3) is 14.3. The summed E-state index contributed by atoms with van der Waals surface area (Å²) in [6.07, 6.45) is 2.61. The molecule has 0 atom stereocenters. The summed E-state index contributed by atoms with van der Waals surface area (Å²) in [5, 5.41) is 0. The van der Waals surface area contributed by atoms with E-state index in [0.29, 0.717) is 12.8 Å². The Morgan fingerprint density at radius 1 is 0.600 bits per heavy atom. The average molecular weight is 288 g/mol. The number of hydrogen-bond acceptors (Lipinski definition) is 6. The highest BCUT2D eigenvalue weighted by Gasteiger charge is 2.07. The molecule has 0 fully saturated rings. The Morgan fingerprint density at radius 3 is 1.15 bits per heavy atom. The summed E-state index contributed by atoms with van der Waals surface area (Å²) in [5.74, 6) is -1.74. The Bertz CT molecular complexity index is 292. The van der Waals surface area contributed by atoms with Crippen LogP contribution in [0.15, 0.2) is 0 Å². The van der Waals surface area contributed by atoms with E-state index < -0.39 is 23.9 Å². The van der Waals surface area contributed by atoms with Crippen molar-refractivity contribution in [2.75, 3.05) is 0 Å². The van der Waals surface area contributed by atoms with E-state index in [1.807, 2.05) is 13.8 Å². The minimum Gasteiger partial charge on any atom is -0.393 e. The van der Waals surface area contributed by atoms with Gasteiger partial charge in [-0.2, -0.15) is 0 Å². The molecular weight excluding hydrogens is 264 g/mol. The largest absolute Gasteiger partial charge is 0.393 e. The summed E-state index contributed by atoms with van der Waals surface area (Å²) in [5.41, 5.74) is 0. The lowest BCUT2D eigenvalue weighted by Crippen LogP contribution is -2.10. The van der Waals surface area contributed by atoms with Crippen LogP contribution >= 0.6 is 0 Å². The van der Waals surface area contributed by atoms with Crippen LogP contribution in [0, 0.1) is 0 Å². The van der Waals surface area contributed by atoms with E-state index >= 15 is 0 Å². The Hall–Kier alpha value is -1.72. The number of carbonyl (C=O) groups is 4. The second-order valence-corrected chi connectivity index (χ2v) is 3.90. The number of esters is 4. The SMILES string of the molecule is CCC(=O)OC(=O)CC.CCCC(=O)OC(=O)CCC. The van der Waals surface area contributed by atoms with Crippen LogP contribution < -0.4 is 0 Å². The van der Waals surface area contributed by atoms with Gasteiger partial charge in [0.15, 0.2) is 0 Å². The monoisotopic (exact) mass is 288 g/mol. The zero-order valence-electron chi connectivity index (χ0n) is 12.7. The van der Waals surface area contributed by atoms with Gasteiger partial charge in [-0.15, -0.1) is 0 Å². The van der Waals surface area contributed by atoms with Gasteiger partial charge in [-0.3, -0.25) is 19.2 Å². The third-order valence-corrected chi connectivity index (χ3v) is 1.94. The van der Waals surface area contributed by atoms with Gasteiger partial charge in [0.05, 0.1) is 0 Å². The Morgan fingerprint density at radius 2 is 0.900 bits per heavy atom. The summed E-state index contributed by atoms with van der Waals surface area (Å²) < 4.78 is 8.72. The highest BCUT2D eigenvalue weighted by Crippen LogP contribution is 1.96. The van der Waals surface area contributed by atoms with Crippen molar-refractivity contribution in [1.29, 1.82) is 0 Å². The van der Waals surface area contributed by atoms with Crippen LogP contribution in [-0.4, -0.2) is 23.9 Å². The zero-order valence-corrected chi connectivity index (χ0v) is 12.7. The van der Waals surface area contributed by atoms with Gasteiger partial charge in [0.2, 0.25) is 0 Å². The first-order valence-corrected chi connectivity index (χ1v) is 6.88. The molecule has 0 aliphatic heterocycles. The van der Waals surface area contributed by atoms with E-state index in [4.69, 9.17) is 0 Å². The quantitative estimate of drug-likeness (QED) is 0.551. The second-order valence-electron chi connectivity index (χ2n) is 3.90. The van der Waals surface area contributed by atoms with Crippen LogP contribution in [0.3, 0.4) is 0 Å². The average Bonchev–Trinajstić information content (AvgIpc) is 2.39. The molecule has 116 valence electrons. The minimum atomic E-state index is -0.457. The number of ether oxygens (including phenoxy) is 2. The molecule has 0 bridgehead atoms. The van der Waals surface area contributed by atoms with Gasteiger partial charge >= 0.3 is 23.9 Å². The van der Waals surface area contributed by atoms with E-state index in [9.17, 15) is 19.2 Å². The van der Waals surface area contributed by atoms with Crippen molar-refractivity contribution >= 4 is 23.9 Å². The molecule has 0 N–H and O–H groups in total. The molecule has 0 rings (SSSR count). The van der Waals surface area contributed by atoms with Crippen LogP contribution in [-0.2, 0) is 28.7 Å².